The van der Waals surface area contributed by atoms with Crippen LogP contribution in [-0.4, -0.2) is 121 Å². The molecule has 0 spiro atoms. The summed E-state index contributed by atoms with van der Waals surface area (Å²) < 4.78 is 0. The van der Waals surface area contributed by atoms with E-state index in [0.29, 0.717) is 0 Å². The Hall–Kier alpha value is 4.76. The van der Waals surface area contributed by atoms with Gasteiger partial charge >= 0.3 is 0 Å². The topological polar surface area (TPSA) is 0 Å². The summed E-state index contributed by atoms with van der Waals surface area (Å²) in [6.45, 7) is 0. The molecule has 0 fully saturated rings. The van der Waals surface area contributed by atoms with Crippen molar-refractivity contribution in [3.05, 3.63) is 0 Å². The Labute approximate surface area is 139 Å². The number of rotatable bonds is 0. The first-order valence-electron chi connectivity index (χ1n) is 0. The zero-order chi connectivity index (χ0) is 0. The fourth-order valence-corrected chi connectivity index (χ4v) is 0. The molecule has 0 atom stereocenters. The first-order valence-corrected chi connectivity index (χ1v) is 0. The monoisotopic (exact) mass is 644 g/mol. The van der Waals surface area contributed by atoms with E-state index in [9.17, 15) is 0 Å². The summed E-state index contributed by atoms with van der Waals surface area (Å²) in [5.41, 5.74) is 0. The van der Waals surface area contributed by atoms with Crippen LogP contribution in [0.1, 0.15) is 0 Å². The average Bonchev–Trinajstić information content (AvgIpc) is 0. The molecule has 0 saturated heterocycles. The van der Waals surface area contributed by atoms with Crippen molar-refractivity contribution in [3.63, 3.8) is 0 Å². The van der Waals surface area contributed by atoms with Gasteiger partial charge in [0.2, 0.25) is 0 Å². The second-order valence-corrected chi connectivity index (χ2v) is 0. The molecule has 0 aliphatic carbocycles. The molecule has 0 saturated carbocycles. The molecular formula is AgPbSbSnSr. The first kappa shape index (κ1) is 33.1. The summed E-state index contributed by atoms with van der Waals surface area (Å²) in [6, 6.07) is 0. The Balaban J connectivity index is 0. The molecule has 0 aromatic heterocycles. The minimum Gasteiger partial charge on any atom is 0 e. The molecule has 26 valence electrons. The van der Waals surface area contributed by atoms with Crippen molar-refractivity contribution in [1.29, 1.82) is 0 Å². The van der Waals surface area contributed by atoms with Crippen LogP contribution in [0.15, 0.2) is 0 Å². The molecule has 0 aromatic carbocycles. The SMILES string of the molecule is [Ag].[Pb].[Sb].[Sn].[Sr]. The van der Waals surface area contributed by atoms with Gasteiger partial charge in [0.25, 0.3) is 0 Å². The van der Waals surface area contributed by atoms with Gasteiger partial charge in [0.05, 0.1) is 0 Å². The maximum atomic E-state index is 0. The van der Waals surface area contributed by atoms with E-state index in [2.05, 4.69) is 0 Å². The van der Waals surface area contributed by atoms with Gasteiger partial charge in [0.1, 0.15) is 0 Å². The molecule has 0 bridgehead atoms. The molecule has 5 heavy (non-hydrogen) atoms. The van der Waals surface area contributed by atoms with E-state index in [4.69, 9.17) is 0 Å². The van der Waals surface area contributed by atoms with Gasteiger partial charge in [-0.3, -0.25) is 0 Å². The normalized spacial score (nSPS) is 0. The van der Waals surface area contributed by atoms with Crippen molar-refractivity contribution >= 4 is 121 Å². The van der Waals surface area contributed by atoms with Gasteiger partial charge in [-0.15, -0.1) is 0 Å². The minimum absolute atomic E-state index is 0. The van der Waals surface area contributed by atoms with Crippen LogP contribution < -0.4 is 0 Å². The molecule has 0 amide bonds. The second-order valence-electron chi connectivity index (χ2n) is 0. The van der Waals surface area contributed by atoms with Crippen molar-refractivity contribution in [2.45, 2.75) is 0 Å². The summed E-state index contributed by atoms with van der Waals surface area (Å²) in [5, 5.41) is 0. The molecule has 0 rings (SSSR count). The van der Waals surface area contributed by atoms with Gasteiger partial charge in [0.15, 0.2) is 0 Å². The van der Waals surface area contributed by atoms with Crippen molar-refractivity contribution in [2.24, 2.45) is 0 Å². The Kier molecular flexibility index (Phi) is 154. The third-order valence-corrected chi connectivity index (χ3v) is 0. The molecule has 0 heterocycles. The van der Waals surface area contributed by atoms with Crippen LogP contribution in [0.4, 0.5) is 0 Å². The first-order chi connectivity index (χ1) is 0. The largest absolute Gasteiger partial charge is 0 e. The van der Waals surface area contributed by atoms with E-state index in [1.165, 1.54) is 0 Å². The quantitative estimate of drug-likeness (QED) is 0.282. The standard InChI is InChI=1S/Ag.Pb.Sb.Sn.Sr. The van der Waals surface area contributed by atoms with Gasteiger partial charge in [-0.2, -0.15) is 0 Å². The second kappa shape index (κ2) is 23.3. The van der Waals surface area contributed by atoms with E-state index in [1.807, 2.05) is 0 Å². The Bertz CT molecular complexity index is 11.6. The van der Waals surface area contributed by atoms with Crippen LogP contribution in [0.2, 0.25) is 0 Å². The summed E-state index contributed by atoms with van der Waals surface area (Å²) in [5.74, 6) is 0. The zero-order valence-corrected chi connectivity index (χ0v) is 16.7. The Morgan fingerprint density at radius 3 is 1.00 bits per heavy atom. The summed E-state index contributed by atoms with van der Waals surface area (Å²) in [4.78, 5) is 0. The van der Waals surface area contributed by atoms with Crippen LogP contribution in [0.25, 0.3) is 0 Å². The fourth-order valence-electron chi connectivity index (χ4n) is 0. The summed E-state index contributed by atoms with van der Waals surface area (Å²) in [7, 11) is 0. The van der Waals surface area contributed by atoms with Gasteiger partial charge in [-0.25, -0.2) is 0 Å². The van der Waals surface area contributed by atoms with E-state index >= 15 is 0 Å². The van der Waals surface area contributed by atoms with E-state index in [-0.39, 0.29) is 143 Å². The minimum atomic E-state index is 0. The van der Waals surface area contributed by atoms with Crippen LogP contribution in [0.3, 0.4) is 0 Å². The van der Waals surface area contributed by atoms with Crippen LogP contribution in [0.5, 0.6) is 0 Å². The number of hydrogen-bond acceptors (Lipinski definition) is 0. The molecule has 0 aliphatic rings. The predicted octanol–water partition coefficient (Wildman–Crippen LogP) is -1.53. The Morgan fingerprint density at radius 1 is 1.00 bits per heavy atom. The van der Waals surface area contributed by atoms with E-state index < -0.39 is 0 Å². The van der Waals surface area contributed by atoms with Gasteiger partial charge in [-0.05, 0) is 0 Å². The van der Waals surface area contributed by atoms with Crippen molar-refractivity contribution in [3.8, 4) is 0 Å². The average molecular weight is 643 g/mol. The summed E-state index contributed by atoms with van der Waals surface area (Å²) in [6.07, 6.45) is 0. The van der Waals surface area contributed by atoms with E-state index in [0.717, 1.165) is 0 Å². The maximum Gasteiger partial charge on any atom is 0 e. The molecule has 5 heteroatoms. The Morgan fingerprint density at radius 2 is 1.00 bits per heavy atom. The zero-order valence-electron chi connectivity index (χ0n) is 2.46. The summed E-state index contributed by atoms with van der Waals surface area (Å²) >= 11 is 0. The third-order valence-electron chi connectivity index (χ3n) is 0. The molecule has 0 aromatic rings. The van der Waals surface area contributed by atoms with Crippen LogP contribution in [0, 0.1) is 0 Å². The van der Waals surface area contributed by atoms with Crippen molar-refractivity contribution < 1.29 is 22.4 Å². The van der Waals surface area contributed by atoms with Gasteiger partial charge in [0, 0.05) is 143 Å². The maximum absolute atomic E-state index is 0. The molecule has 0 N–H and O–H groups in total. The van der Waals surface area contributed by atoms with E-state index in [1.54, 1.807) is 0 Å². The molecule has 0 aliphatic heterocycles. The van der Waals surface area contributed by atoms with Gasteiger partial charge in [-0.1, -0.05) is 0 Å². The molecule has 0 nitrogen and oxygen atoms in total. The van der Waals surface area contributed by atoms with Gasteiger partial charge < -0.3 is 0 Å². The van der Waals surface area contributed by atoms with Crippen molar-refractivity contribution in [2.75, 3.05) is 0 Å². The molecular weight excluding hydrogens is 643 g/mol. The number of hydrogen-bond donors (Lipinski definition) is 0. The van der Waals surface area contributed by atoms with Crippen molar-refractivity contribution in [1.82, 2.24) is 0 Å². The smallest absolute Gasteiger partial charge is 0 e. The van der Waals surface area contributed by atoms with Crippen LogP contribution in [-0.2, 0) is 22.4 Å². The van der Waals surface area contributed by atoms with Crippen LogP contribution >= 0.6 is 0 Å². The predicted molar refractivity (Wildman–Crippen MR) is 23.0 cm³/mol. The third kappa shape index (κ3) is 17.7. The molecule has 14 radical (unpaired) electrons. The molecule has 0 unspecified atom stereocenters. The fraction of sp³-hybridized carbons (Fsp3) is 0.